The molecule has 0 aliphatic carbocycles. The molecule has 0 radical (unpaired) electrons. The van der Waals surface area contributed by atoms with E-state index in [1.165, 1.54) is 12.1 Å². The third kappa shape index (κ3) is 4.36. The van der Waals surface area contributed by atoms with Crippen molar-refractivity contribution in [2.45, 2.75) is 51.0 Å². The summed E-state index contributed by atoms with van der Waals surface area (Å²) in [7, 11) is -4.05. The molecular weight excluding hydrogens is 446 g/mol. The van der Waals surface area contributed by atoms with Crippen LogP contribution in [0.3, 0.4) is 0 Å². The second kappa shape index (κ2) is 7.96. The topological polar surface area (TPSA) is 136 Å². The fourth-order valence-electron chi connectivity index (χ4n) is 3.41. The lowest BCUT2D eigenvalue weighted by molar-refractivity contribution is -0.140. The van der Waals surface area contributed by atoms with Crippen molar-refractivity contribution in [2.24, 2.45) is 5.92 Å². The van der Waals surface area contributed by atoms with Gasteiger partial charge < -0.3 is 14.0 Å². The number of aliphatic carboxylic acids is 1. The van der Waals surface area contributed by atoms with Crippen LogP contribution in [0.25, 0.3) is 33.3 Å². The van der Waals surface area contributed by atoms with Gasteiger partial charge in [0.2, 0.25) is 21.7 Å². The average Bonchev–Trinajstić information content (AvgIpc) is 3.35. The summed E-state index contributed by atoms with van der Waals surface area (Å²) in [5, 5.41) is 14.7. The second-order valence-corrected chi connectivity index (χ2v) is 11.0. The van der Waals surface area contributed by atoms with Crippen molar-refractivity contribution >= 4 is 37.9 Å². The molecule has 174 valence electrons. The maximum Gasteiger partial charge on any atom is 0.322 e. The van der Waals surface area contributed by atoms with Crippen molar-refractivity contribution in [2.75, 3.05) is 0 Å². The second-order valence-electron chi connectivity index (χ2n) is 9.33. The summed E-state index contributed by atoms with van der Waals surface area (Å²) < 4.78 is 39.2. The largest absolute Gasteiger partial charge is 0.480 e. The molecule has 4 aromatic rings. The Morgan fingerprint density at radius 1 is 1.06 bits per heavy atom. The van der Waals surface area contributed by atoms with Gasteiger partial charge in [-0.3, -0.25) is 4.79 Å². The molecule has 2 aromatic carbocycles. The number of nitrogens with zero attached hydrogens (tertiary/aromatic N) is 2. The standard InChI is InChI=1S/C23H25N3O6S/c1-12(2)19(21(27)28)26-33(29,30)14-7-9-17-16(11-14)15-8-6-13(10-18(15)31-17)20-24-22(32-25-20)23(3,4)5/h6-12,19,26H,1-5H3,(H,27,28)/t19-/m1/s1. The van der Waals surface area contributed by atoms with Gasteiger partial charge in [-0.2, -0.15) is 9.71 Å². The molecule has 0 unspecified atom stereocenters. The van der Waals surface area contributed by atoms with Gasteiger partial charge in [-0.25, -0.2) is 8.42 Å². The lowest BCUT2D eigenvalue weighted by Crippen LogP contribution is -2.44. The smallest absolute Gasteiger partial charge is 0.322 e. The van der Waals surface area contributed by atoms with Gasteiger partial charge in [-0.15, -0.1) is 0 Å². The molecule has 0 spiro atoms. The summed E-state index contributed by atoms with van der Waals surface area (Å²) in [5.41, 5.74) is 1.47. The fourth-order valence-corrected chi connectivity index (χ4v) is 4.78. The summed E-state index contributed by atoms with van der Waals surface area (Å²) >= 11 is 0. The van der Waals surface area contributed by atoms with Crippen molar-refractivity contribution in [3.8, 4) is 11.4 Å². The molecule has 0 aliphatic heterocycles. The first-order valence-corrected chi connectivity index (χ1v) is 11.9. The lowest BCUT2D eigenvalue weighted by Gasteiger charge is -2.17. The Labute approximate surface area is 190 Å². The van der Waals surface area contributed by atoms with E-state index in [-0.39, 0.29) is 10.3 Å². The van der Waals surface area contributed by atoms with Gasteiger partial charge in [0.15, 0.2) is 0 Å². The zero-order chi connectivity index (χ0) is 24.1. The number of hydrogen-bond acceptors (Lipinski definition) is 7. The summed E-state index contributed by atoms with van der Waals surface area (Å²) in [6.45, 7) is 9.22. The van der Waals surface area contributed by atoms with Gasteiger partial charge in [-0.05, 0) is 36.2 Å². The number of hydrogen-bond donors (Lipinski definition) is 2. The third-order valence-corrected chi connectivity index (χ3v) is 6.73. The number of fused-ring (bicyclic) bond motifs is 3. The van der Waals surface area contributed by atoms with Gasteiger partial charge in [0.1, 0.15) is 17.2 Å². The Morgan fingerprint density at radius 3 is 2.39 bits per heavy atom. The molecule has 0 aliphatic rings. The van der Waals surface area contributed by atoms with Gasteiger partial charge in [0.05, 0.1) is 4.90 Å². The van der Waals surface area contributed by atoms with Crippen LogP contribution >= 0.6 is 0 Å². The van der Waals surface area contributed by atoms with Crippen LogP contribution in [0.4, 0.5) is 0 Å². The summed E-state index contributed by atoms with van der Waals surface area (Å²) in [6.07, 6.45) is 0. The van der Waals surface area contributed by atoms with Crippen LogP contribution in [0.5, 0.6) is 0 Å². The Morgan fingerprint density at radius 2 is 1.79 bits per heavy atom. The molecule has 2 heterocycles. The van der Waals surface area contributed by atoms with Crippen LogP contribution in [0.15, 0.2) is 50.2 Å². The maximum atomic E-state index is 12.8. The SMILES string of the molecule is CC(C)[C@@H](NS(=O)(=O)c1ccc2oc3cc(-c4noc(C(C)(C)C)n4)ccc3c2c1)C(=O)O. The van der Waals surface area contributed by atoms with E-state index in [2.05, 4.69) is 14.9 Å². The Kier molecular flexibility index (Phi) is 5.53. The summed E-state index contributed by atoms with van der Waals surface area (Å²) in [5.74, 6) is -0.695. The molecule has 0 bridgehead atoms. The number of aromatic nitrogens is 2. The van der Waals surface area contributed by atoms with Crippen LogP contribution < -0.4 is 4.72 Å². The first-order chi connectivity index (χ1) is 15.4. The molecule has 0 fully saturated rings. The van der Waals surface area contributed by atoms with Crippen LogP contribution in [0, 0.1) is 5.92 Å². The molecule has 0 saturated carbocycles. The first-order valence-electron chi connectivity index (χ1n) is 10.4. The van der Waals surface area contributed by atoms with E-state index >= 15 is 0 Å². The number of carboxylic acid groups (broad SMARTS) is 1. The number of nitrogens with one attached hydrogen (secondary N) is 1. The van der Waals surface area contributed by atoms with Crippen molar-refractivity contribution in [1.82, 2.24) is 14.9 Å². The van der Waals surface area contributed by atoms with Crippen LogP contribution in [0.2, 0.25) is 0 Å². The monoisotopic (exact) mass is 471 g/mol. The molecule has 33 heavy (non-hydrogen) atoms. The van der Waals surface area contributed by atoms with Gasteiger partial charge in [-0.1, -0.05) is 45.8 Å². The zero-order valence-electron chi connectivity index (χ0n) is 18.9. The minimum absolute atomic E-state index is 0.0401. The molecule has 1 atom stereocenters. The van der Waals surface area contributed by atoms with E-state index < -0.39 is 28.0 Å². The van der Waals surface area contributed by atoms with E-state index in [4.69, 9.17) is 8.94 Å². The van der Waals surface area contributed by atoms with Crippen molar-refractivity contribution < 1.29 is 27.3 Å². The highest BCUT2D eigenvalue weighted by Crippen LogP contribution is 2.33. The highest BCUT2D eigenvalue weighted by Gasteiger charge is 2.28. The number of carboxylic acids is 1. The quantitative estimate of drug-likeness (QED) is 0.424. The van der Waals surface area contributed by atoms with Crippen molar-refractivity contribution in [3.63, 3.8) is 0 Å². The van der Waals surface area contributed by atoms with Crippen LogP contribution in [-0.2, 0) is 20.2 Å². The third-order valence-electron chi connectivity index (χ3n) is 5.29. The zero-order valence-corrected chi connectivity index (χ0v) is 19.7. The van der Waals surface area contributed by atoms with Crippen molar-refractivity contribution in [1.29, 1.82) is 0 Å². The lowest BCUT2D eigenvalue weighted by atomic mass is 9.97. The maximum absolute atomic E-state index is 12.8. The highest BCUT2D eigenvalue weighted by atomic mass is 32.2. The minimum atomic E-state index is -4.05. The first kappa shape index (κ1) is 22.9. The molecule has 2 aromatic heterocycles. The number of carbonyl (C=O) groups is 1. The number of sulfonamides is 1. The van der Waals surface area contributed by atoms with Gasteiger partial charge in [0, 0.05) is 21.8 Å². The molecule has 9 nitrogen and oxygen atoms in total. The molecule has 10 heteroatoms. The predicted molar refractivity (Wildman–Crippen MR) is 122 cm³/mol. The van der Waals surface area contributed by atoms with Crippen LogP contribution in [-0.4, -0.2) is 35.7 Å². The van der Waals surface area contributed by atoms with E-state index in [9.17, 15) is 18.3 Å². The number of furan rings is 1. The molecular formula is C23H25N3O6S. The van der Waals surface area contributed by atoms with Crippen molar-refractivity contribution in [3.05, 3.63) is 42.3 Å². The highest BCUT2D eigenvalue weighted by molar-refractivity contribution is 7.89. The number of benzene rings is 2. The van der Waals surface area contributed by atoms with E-state index in [0.717, 1.165) is 0 Å². The summed E-state index contributed by atoms with van der Waals surface area (Å²) in [6, 6.07) is 8.59. The fraction of sp³-hybridized carbons (Fsp3) is 0.348. The minimum Gasteiger partial charge on any atom is -0.480 e. The van der Waals surface area contributed by atoms with E-state index in [1.807, 2.05) is 32.9 Å². The predicted octanol–water partition coefficient (Wildman–Crippen LogP) is 4.32. The van der Waals surface area contributed by atoms with Crippen LogP contribution in [0.1, 0.15) is 40.5 Å². The van der Waals surface area contributed by atoms with Gasteiger partial charge in [0.25, 0.3) is 0 Å². The van der Waals surface area contributed by atoms with E-state index in [1.54, 1.807) is 26.0 Å². The Balaban J connectivity index is 1.73. The van der Waals surface area contributed by atoms with Gasteiger partial charge >= 0.3 is 5.97 Å². The van der Waals surface area contributed by atoms with E-state index in [0.29, 0.717) is 39.2 Å². The molecule has 0 saturated heterocycles. The number of rotatable bonds is 6. The molecule has 4 rings (SSSR count). The molecule has 2 N–H and O–H groups in total. The normalized spacial score (nSPS) is 13.8. The average molecular weight is 472 g/mol. The summed E-state index contributed by atoms with van der Waals surface area (Å²) in [4.78, 5) is 15.9. The Bertz CT molecular complexity index is 1460. The Hall–Kier alpha value is -3.24. The molecule has 0 amide bonds.